The summed E-state index contributed by atoms with van der Waals surface area (Å²) in [5.41, 5.74) is -0.455. The molecule has 24 heavy (non-hydrogen) atoms. The van der Waals surface area contributed by atoms with Crippen LogP contribution in [-0.2, 0) is 17.1 Å². The Bertz CT molecular complexity index is 924. The molecule has 0 saturated carbocycles. The van der Waals surface area contributed by atoms with Crippen LogP contribution in [0.5, 0.6) is 11.5 Å². The molecule has 0 fully saturated rings. The Hall–Kier alpha value is -2.46. The van der Waals surface area contributed by atoms with Crippen LogP contribution in [-0.4, -0.2) is 42.3 Å². The van der Waals surface area contributed by atoms with E-state index >= 15 is 0 Å². The minimum atomic E-state index is -4.18. The lowest BCUT2D eigenvalue weighted by molar-refractivity contribution is 0.0697. The first-order valence-electron chi connectivity index (χ1n) is 6.66. The lowest BCUT2D eigenvalue weighted by Crippen LogP contribution is -2.19. The first-order valence-corrected chi connectivity index (χ1v) is 8.52. The van der Waals surface area contributed by atoms with Crippen LogP contribution in [0.25, 0.3) is 0 Å². The van der Waals surface area contributed by atoms with Gasteiger partial charge in [0.25, 0.3) is 10.0 Å². The summed E-state index contributed by atoms with van der Waals surface area (Å²) in [5, 5.41) is 8.81. The van der Waals surface area contributed by atoms with Crippen LogP contribution < -0.4 is 14.2 Å². The number of halogens is 1. The zero-order chi connectivity index (χ0) is 17.5. The first-order chi connectivity index (χ1) is 11.3. The molecule has 1 aliphatic heterocycles. The molecule has 0 spiro atoms. The maximum atomic E-state index is 12.4. The van der Waals surface area contributed by atoms with E-state index in [2.05, 4.69) is 9.71 Å². The van der Waals surface area contributed by atoms with Crippen LogP contribution in [0, 0.1) is 0 Å². The van der Waals surface area contributed by atoms with Crippen molar-refractivity contribution in [2.75, 3.05) is 17.9 Å². The third-order valence-electron chi connectivity index (χ3n) is 3.25. The largest absolute Gasteiger partial charge is 0.486 e. The number of carboxylic acids is 1. The molecule has 0 unspecified atom stereocenters. The van der Waals surface area contributed by atoms with Gasteiger partial charge in [-0.2, -0.15) is 8.42 Å². The normalized spacial score (nSPS) is 13.6. The molecule has 3 rings (SSSR count). The number of benzene rings is 1. The number of aromatic carboxylic acids is 1. The highest BCUT2D eigenvalue weighted by Gasteiger charge is 2.26. The SMILES string of the molecule is Cn1cnc(S(=O)(=O)Nc2cc3c(cc2C(=O)O)OCCO3)c1Cl. The van der Waals surface area contributed by atoms with Crippen molar-refractivity contribution in [1.82, 2.24) is 9.55 Å². The molecular weight excluding hydrogens is 362 g/mol. The minimum Gasteiger partial charge on any atom is -0.486 e. The van der Waals surface area contributed by atoms with E-state index in [1.54, 1.807) is 0 Å². The highest BCUT2D eigenvalue weighted by atomic mass is 35.5. The summed E-state index contributed by atoms with van der Waals surface area (Å²) in [6.07, 6.45) is 1.23. The third-order valence-corrected chi connectivity index (χ3v) is 5.10. The number of aromatic nitrogens is 2. The Morgan fingerprint density at radius 1 is 1.33 bits per heavy atom. The van der Waals surface area contributed by atoms with Crippen molar-refractivity contribution in [2.45, 2.75) is 5.03 Å². The van der Waals surface area contributed by atoms with Crippen LogP contribution in [0.15, 0.2) is 23.5 Å². The van der Waals surface area contributed by atoms with Gasteiger partial charge in [-0.15, -0.1) is 0 Å². The lowest BCUT2D eigenvalue weighted by atomic mass is 10.1. The van der Waals surface area contributed by atoms with E-state index in [-0.39, 0.29) is 41.1 Å². The maximum absolute atomic E-state index is 12.4. The van der Waals surface area contributed by atoms with Crippen molar-refractivity contribution >= 4 is 33.3 Å². The van der Waals surface area contributed by atoms with E-state index < -0.39 is 21.0 Å². The second kappa shape index (κ2) is 5.87. The van der Waals surface area contributed by atoms with Gasteiger partial charge in [-0.3, -0.25) is 4.72 Å². The highest BCUT2D eigenvalue weighted by Crippen LogP contribution is 2.36. The number of nitrogens with zero attached hydrogens (tertiary/aromatic N) is 2. The molecule has 0 radical (unpaired) electrons. The van der Waals surface area contributed by atoms with Crippen molar-refractivity contribution in [2.24, 2.45) is 7.05 Å². The molecule has 128 valence electrons. The standard InChI is InChI=1S/C13H12ClN3O6S/c1-17-6-15-12(11(17)14)24(20,21)16-8-5-10-9(22-2-3-23-10)4-7(8)13(18)19/h4-6,16H,2-3H2,1H3,(H,18,19). The number of hydrogen-bond donors (Lipinski definition) is 2. The average molecular weight is 374 g/mol. The van der Waals surface area contributed by atoms with Gasteiger partial charge in [0.05, 0.1) is 17.6 Å². The van der Waals surface area contributed by atoms with Gasteiger partial charge in [0.1, 0.15) is 18.4 Å². The summed E-state index contributed by atoms with van der Waals surface area (Å²) in [6.45, 7) is 0.554. The van der Waals surface area contributed by atoms with E-state index in [0.29, 0.717) is 0 Å². The van der Waals surface area contributed by atoms with Crippen LogP contribution in [0.1, 0.15) is 10.4 Å². The molecule has 2 heterocycles. The summed E-state index contributed by atoms with van der Waals surface area (Å²) in [5.74, 6) is -0.842. The number of ether oxygens (including phenoxy) is 2. The number of carboxylic acid groups (broad SMARTS) is 1. The zero-order valence-corrected chi connectivity index (χ0v) is 13.9. The fourth-order valence-electron chi connectivity index (χ4n) is 2.12. The van der Waals surface area contributed by atoms with Crippen LogP contribution in [0.3, 0.4) is 0 Å². The van der Waals surface area contributed by atoms with Crippen molar-refractivity contribution in [3.05, 3.63) is 29.2 Å². The van der Waals surface area contributed by atoms with E-state index in [1.165, 1.54) is 30.1 Å². The third kappa shape index (κ3) is 2.85. The Labute approximate surface area is 141 Å². The fourth-order valence-corrected chi connectivity index (χ4v) is 3.62. The fraction of sp³-hybridized carbons (Fsp3) is 0.231. The van der Waals surface area contributed by atoms with Crippen LogP contribution in [0.2, 0.25) is 5.15 Å². The van der Waals surface area contributed by atoms with Crippen LogP contribution in [0.4, 0.5) is 5.69 Å². The molecule has 0 saturated heterocycles. The average Bonchev–Trinajstić information content (AvgIpc) is 2.86. The Morgan fingerprint density at radius 2 is 1.96 bits per heavy atom. The predicted molar refractivity (Wildman–Crippen MR) is 83.4 cm³/mol. The Balaban J connectivity index is 2.05. The molecule has 0 aliphatic carbocycles. The molecule has 2 aromatic rings. The van der Waals surface area contributed by atoms with E-state index in [4.69, 9.17) is 21.1 Å². The van der Waals surface area contributed by atoms with Gasteiger partial charge in [-0.1, -0.05) is 11.6 Å². The molecule has 9 nitrogen and oxygen atoms in total. The predicted octanol–water partition coefficient (Wildman–Crippen LogP) is 1.34. The van der Waals surface area contributed by atoms with Crippen molar-refractivity contribution in [3.63, 3.8) is 0 Å². The number of imidazole rings is 1. The van der Waals surface area contributed by atoms with E-state index in [9.17, 15) is 18.3 Å². The number of aryl methyl sites for hydroxylation is 1. The molecular formula is C13H12ClN3O6S. The topological polar surface area (TPSA) is 120 Å². The summed E-state index contributed by atoms with van der Waals surface area (Å²) in [4.78, 5) is 15.1. The van der Waals surface area contributed by atoms with Crippen molar-refractivity contribution in [1.29, 1.82) is 0 Å². The second-order valence-corrected chi connectivity index (χ2v) is 6.86. The highest BCUT2D eigenvalue weighted by molar-refractivity contribution is 7.92. The van der Waals surface area contributed by atoms with Gasteiger partial charge in [-0.25, -0.2) is 9.78 Å². The molecule has 11 heteroatoms. The van der Waals surface area contributed by atoms with Crippen molar-refractivity contribution in [3.8, 4) is 11.5 Å². The smallest absolute Gasteiger partial charge is 0.337 e. The number of rotatable bonds is 4. The molecule has 0 bridgehead atoms. The molecule has 1 aromatic carbocycles. The van der Waals surface area contributed by atoms with Gasteiger partial charge in [0, 0.05) is 19.2 Å². The number of hydrogen-bond acceptors (Lipinski definition) is 6. The molecule has 1 aromatic heterocycles. The number of sulfonamides is 1. The summed E-state index contributed by atoms with van der Waals surface area (Å²) >= 11 is 5.90. The first kappa shape index (κ1) is 16.4. The maximum Gasteiger partial charge on any atom is 0.337 e. The quantitative estimate of drug-likeness (QED) is 0.829. The molecule has 0 atom stereocenters. The minimum absolute atomic E-state index is 0.100. The monoisotopic (exact) mass is 373 g/mol. The Kier molecular flexibility index (Phi) is 4.01. The van der Waals surface area contributed by atoms with Gasteiger partial charge < -0.3 is 19.1 Å². The number of anilines is 1. The lowest BCUT2D eigenvalue weighted by Gasteiger charge is -2.20. The Morgan fingerprint density at radius 3 is 2.50 bits per heavy atom. The molecule has 1 aliphatic rings. The summed E-state index contributed by atoms with van der Waals surface area (Å²) < 4.78 is 39.0. The van der Waals surface area contributed by atoms with E-state index in [1.807, 2.05) is 0 Å². The van der Waals surface area contributed by atoms with Gasteiger partial charge in [-0.05, 0) is 0 Å². The van der Waals surface area contributed by atoms with Crippen molar-refractivity contribution < 1.29 is 27.8 Å². The molecule has 0 amide bonds. The summed E-state index contributed by atoms with van der Waals surface area (Å²) in [6, 6.07) is 2.46. The number of fused-ring (bicyclic) bond motifs is 1. The van der Waals surface area contributed by atoms with Gasteiger partial charge >= 0.3 is 5.97 Å². The molecule has 2 N–H and O–H groups in total. The number of carbonyl (C=O) groups is 1. The zero-order valence-electron chi connectivity index (χ0n) is 12.3. The summed E-state index contributed by atoms with van der Waals surface area (Å²) in [7, 11) is -2.65. The van der Waals surface area contributed by atoms with Crippen LogP contribution >= 0.6 is 11.6 Å². The van der Waals surface area contributed by atoms with E-state index in [0.717, 1.165) is 0 Å². The number of nitrogens with one attached hydrogen (secondary N) is 1. The second-order valence-electron chi connectivity index (χ2n) is 4.90. The van der Waals surface area contributed by atoms with Gasteiger partial charge in [0.15, 0.2) is 11.5 Å². The van der Waals surface area contributed by atoms with Gasteiger partial charge in [0.2, 0.25) is 5.03 Å².